The maximum Gasteiger partial charge on any atom is 0.416 e. The molecule has 1 saturated carbocycles. The molecule has 1 amide bonds. The van der Waals surface area contributed by atoms with E-state index < -0.39 is 17.3 Å². The van der Waals surface area contributed by atoms with Gasteiger partial charge in [0.05, 0.1) is 11.3 Å². The number of piperidine rings is 1. The van der Waals surface area contributed by atoms with Gasteiger partial charge in [0.15, 0.2) is 5.82 Å². The van der Waals surface area contributed by atoms with E-state index in [-0.39, 0.29) is 23.9 Å². The summed E-state index contributed by atoms with van der Waals surface area (Å²) >= 11 is 0. The molecular formula is C32H37F3N6O2. The highest BCUT2D eigenvalue weighted by Crippen LogP contribution is 2.37. The number of alkyl halides is 3. The summed E-state index contributed by atoms with van der Waals surface area (Å²) in [5, 5.41) is 15.1. The Morgan fingerprint density at radius 3 is 2.33 bits per heavy atom. The van der Waals surface area contributed by atoms with E-state index in [1.807, 2.05) is 21.9 Å². The molecule has 1 atom stereocenters. The van der Waals surface area contributed by atoms with Crippen molar-refractivity contribution in [2.75, 3.05) is 31.1 Å². The molecule has 3 fully saturated rings. The lowest BCUT2D eigenvalue weighted by atomic mass is 9.79. The SMILES string of the molecule is O=C(C1CCN(c2cccc(C(F)(F)F)c2)CC1)N1CC[C@H](NC2CCC(O)(c3ccc(-c4ncccn4)cn3)CC2)C1. The number of pyridine rings is 1. The number of benzene rings is 1. The lowest BCUT2D eigenvalue weighted by molar-refractivity contribution is -0.137. The molecule has 0 bridgehead atoms. The van der Waals surface area contributed by atoms with Gasteiger partial charge in [0.2, 0.25) is 5.91 Å². The Hall–Kier alpha value is -3.57. The lowest BCUT2D eigenvalue weighted by Crippen LogP contribution is -2.46. The second-order valence-corrected chi connectivity index (χ2v) is 12.1. The molecule has 11 heteroatoms. The van der Waals surface area contributed by atoms with Crippen molar-refractivity contribution < 1.29 is 23.1 Å². The van der Waals surface area contributed by atoms with Crippen LogP contribution in [0.2, 0.25) is 0 Å². The molecule has 228 valence electrons. The average Bonchev–Trinajstić information content (AvgIpc) is 3.51. The van der Waals surface area contributed by atoms with E-state index in [2.05, 4.69) is 20.3 Å². The fraction of sp³-hybridized carbons (Fsp3) is 0.500. The number of hydrogen-bond acceptors (Lipinski definition) is 7. The number of nitrogens with one attached hydrogen (secondary N) is 1. The van der Waals surface area contributed by atoms with Gasteiger partial charge in [-0.1, -0.05) is 6.07 Å². The smallest absolute Gasteiger partial charge is 0.384 e. The summed E-state index contributed by atoms with van der Waals surface area (Å²) < 4.78 is 39.4. The molecule has 0 spiro atoms. The summed E-state index contributed by atoms with van der Waals surface area (Å²) in [5.41, 5.74) is 0.424. The minimum atomic E-state index is -4.37. The number of rotatable bonds is 6. The van der Waals surface area contributed by atoms with Gasteiger partial charge in [0, 0.05) is 74.0 Å². The first-order chi connectivity index (χ1) is 20.7. The summed E-state index contributed by atoms with van der Waals surface area (Å²) in [7, 11) is 0. The van der Waals surface area contributed by atoms with Crippen LogP contribution in [-0.2, 0) is 16.6 Å². The predicted octanol–water partition coefficient (Wildman–Crippen LogP) is 4.79. The number of halogens is 3. The Labute approximate surface area is 249 Å². The molecule has 2 saturated heterocycles. The van der Waals surface area contributed by atoms with E-state index in [0.717, 1.165) is 30.9 Å². The van der Waals surface area contributed by atoms with E-state index in [0.29, 0.717) is 69.1 Å². The topological polar surface area (TPSA) is 94.5 Å². The molecule has 2 aliphatic heterocycles. The van der Waals surface area contributed by atoms with Gasteiger partial charge < -0.3 is 20.2 Å². The molecule has 43 heavy (non-hydrogen) atoms. The minimum absolute atomic E-state index is 0.0992. The summed E-state index contributed by atoms with van der Waals surface area (Å²) in [6, 6.07) is 11.4. The van der Waals surface area contributed by atoms with Crippen LogP contribution in [0.4, 0.5) is 18.9 Å². The zero-order valence-corrected chi connectivity index (χ0v) is 24.0. The summed E-state index contributed by atoms with van der Waals surface area (Å²) in [5.74, 6) is 0.658. The quantitative estimate of drug-likeness (QED) is 0.424. The van der Waals surface area contributed by atoms with Crippen molar-refractivity contribution in [3.63, 3.8) is 0 Å². The van der Waals surface area contributed by atoms with Crippen LogP contribution in [0.25, 0.3) is 11.4 Å². The average molecular weight is 595 g/mol. The number of anilines is 1. The van der Waals surface area contributed by atoms with Gasteiger partial charge in [-0.05, 0) is 81.3 Å². The van der Waals surface area contributed by atoms with E-state index in [1.54, 1.807) is 30.7 Å². The molecule has 2 N–H and O–H groups in total. The maximum atomic E-state index is 13.3. The second-order valence-electron chi connectivity index (χ2n) is 12.1. The first kappa shape index (κ1) is 29.5. The first-order valence-electron chi connectivity index (χ1n) is 15.1. The highest BCUT2D eigenvalue weighted by Gasteiger charge is 2.38. The second kappa shape index (κ2) is 12.2. The third-order valence-electron chi connectivity index (χ3n) is 9.23. The molecule has 0 unspecified atom stereocenters. The summed E-state index contributed by atoms with van der Waals surface area (Å²) in [4.78, 5) is 30.3. The van der Waals surface area contributed by atoms with Crippen molar-refractivity contribution in [1.29, 1.82) is 0 Å². The van der Waals surface area contributed by atoms with Crippen LogP contribution >= 0.6 is 0 Å². The third kappa shape index (κ3) is 6.67. The normalized spacial score (nSPS) is 25.2. The standard InChI is InChI=1S/C32H37F3N6O2/c33-32(34,35)24-3-1-4-27(19-24)40-16-9-22(10-17-40)30(42)41-18-11-26(21-41)39-25-7-12-31(43,13-8-25)28-6-5-23(20-38-28)29-36-14-2-15-37-29/h1-6,14-15,19-20,22,25-26,39,43H,7-13,16-18,21H2/t25?,26-,31?/m0/s1. The summed E-state index contributed by atoms with van der Waals surface area (Å²) in [6.45, 7) is 2.51. The number of carbonyl (C=O) groups is 1. The predicted molar refractivity (Wildman–Crippen MR) is 156 cm³/mol. The van der Waals surface area contributed by atoms with Crippen LogP contribution in [0, 0.1) is 5.92 Å². The minimum Gasteiger partial charge on any atom is -0.384 e. The number of hydrogen-bond donors (Lipinski definition) is 2. The summed E-state index contributed by atoms with van der Waals surface area (Å²) in [6.07, 6.45) is 5.74. The van der Waals surface area contributed by atoms with Crippen molar-refractivity contribution in [3.8, 4) is 11.4 Å². The van der Waals surface area contributed by atoms with Crippen LogP contribution in [0.1, 0.15) is 56.2 Å². The van der Waals surface area contributed by atoms with Gasteiger partial charge in [0.25, 0.3) is 0 Å². The highest BCUT2D eigenvalue weighted by atomic mass is 19.4. The fourth-order valence-electron chi connectivity index (χ4n) is 6.72. The molecule has 4 heterocycles. The number of carbonyl (C=O) groups excluding carboxylic acids is 1. The van der Waals surface area contributed by atoms with Crippen molar-refractivity contribution >= 4 is 11.6 Å². The number of aliphatic hydroxyl groups is 1. The van der Waals surface area contributed by atoms with Crippen molar-refractivity contribution in [2.45, 2.75) is 68.8 Å². The van der Waals surface area contributed by atoms with E-state index in [9.17, 15) is 23.1 Å². The molecular weight excluding hydrogens is 557 g/mol. The van der Waals surface area contributed by atoms with E-state index >= 15 is 0 Å². The largest absolute Gasteiger partial charge is 0.416 e. The van der Waals surface area contributed by atoms with Crippen LogP contribution < -0.4 is 10.2 Å². The van der Waals surface area contributed by atoms with Crippen LogP contribution in [0.3, 0.4) is 0 Å². The number of aromatic nitrogens is 3. The van der Waals surface area contributed by atoms with Crippen LogP contribution in [0.5, 0.6) is 0 Å². The Morgan fingerprint density at radius 1 is 0.907 bits per heavy atom. The molecule has 0 radical (unpaired) electrons. The molecule has 2 aromatic heterocycles. The Bertz CT molecular complexity index is 1390. The van der Waals surface area contributed by atoms with Gasteiger partial charge in [-0.2, -0.15) is 13.2 Å². The number of nitrogens with zero attached hydrogens (tertiary/aromatic N) is 5. The Kier molecular flexibility index (Phi) is 8.37. The molecule has 3 aliphatic rings. The molecule has 3 aromatic rings. The molecule has 1 aliphatic carbocycles. The first-order valence-corrected chi connectivity index (χ1v) is 15.1. The van der Waals surface area contributed by atoms with Crippen molar-refractivity contribution in [2.24, 2.45) is 5.92 Å². The molecule has 6 rings (SSSR count). The zero-order valence-electron chi connectivity index (χ0n) is 24.0. The van der Waals surface area contributed by atoms with Gasteiger partial charge in [-0.25, -0.2) is 9.97 Å². The Morgan fingerprint density at radius 2 is 1.65 bits per heavy atom. The van der Waals surface area contributed by atoms with Crippen molar-refractivity contribution in [1.82, 2.24) is 25.2 Å². The molecule has 1 aromatic carbocycles. The van der Waals surface area contributed by atoms with Gasteiger partial charge >= 0.3 is 6.18 Å². The lowest BCUT2D eigenvalue weighted by Gasteiger charge is -2.37. The molecule has 8 nitrogen and oxygen atoms in total. The monoisotopic (exact) mass is 594 g/mol. The van der Waals surface area contributed by atoms with Crippen molar-refractivity contribution in [3.05, 3.63) is 72.3 Å². The van der Waals surface area contributed by atoms with Crippen LogP contribution in [-0.4, -0.2) is 69.1 Å². The number of likely N-dealkylation sites (tertiary alicyclic amines) is 1. The van der Waals surface area contributed by atoms with E-state index in [4.69, 9.17) is 0 Å². The Balaban J connectivity index is 0.955. The van der Waals surface area contributed by atoms with Gasteiger partial charge in [0.1, 0.15) is 5.60 Å². The van der Waals surface area contributed by atoms with Crippen LogP contribution in [0.15, 0.2) is 61.1 Å². The third-order valence-corrected chi connectivity index (χ3v) is 9.23. The number of amides is 1. The maximum absolute atomic E-state index is 13.3. The van der Waals surface area contributed by atoms with Gasteiger partial charge in [-0.3, -0.25) is 9.78 Å². The zero-order chi connectivity index (χ0) is 30.0. The fourth-order valence-corrected chi connectivity index (χ4v) is 6.72. The van der Waals surface area contributed by atoms with E-state index in [1.165, 1.54) is 12.1 Å². The van der Waals surface area contributed by atoms with Gasteiger partial charge in [-0.15, -0.1) is 0 Å². The highest BCUT2D eigenvalue weighted by molar-refractivity contribution is 5.79.